The minimum atomic E-state index is -0.863. The van der Waals surface area contributed by atoms with Gasteiger partial charge in [-0.15, -0.1) is 0 Å². The lowest BCUT2D eigenvalue weighted by molar-refractivity contribution is -0.129. The van der Waals surface area contributed by atoms with Crippen molar-refractivity contribution in [1.82, 2.24) is 4.90 Å². The van der Waals surface area contributed by atoms with Gasteiger partial charge in [-0.2, -0.15) is 0 Å². The van der Waals surface area contributed by atoms with Crippen molar-refractivity contribution in [2.45, 2.75) is 25.8 Å². The fourth-order valence-corrected chi connectivity index (χ4v) is 4.31. The van der Waals surface area contributed by atoms with Crippen LogP contribution in [0.1, 0.15) is 41.9 Å². The summed E-state index contributed by atoms with van der Waals surface area (Å²) in [5, 5.41) is 21.7. The van der Waals surface area contributed by atoms with Crippen molar-refractivity contribution in [3.8, 4) is 11.5 Å². The number of aliphatic hydroxyl groups excluding tert-OH is 1. The molecule has 0 fully saturated rings. The average Bonchev–Trinajstić information content (AvgIpc) is 3.30. The van der Waals surface area contributed by atoms with Crippen LogP contribution in [0, 0.1) is 0 Å². The van der Waals surface area contributed by atoms with Crippen LogP contribution in [0.25, 0.3) is 11.0 Å². The van der Waals surface area contributed by atoms with Crippen molar-refractivity contribution in [2.75, 3.05) is 13.7 Å². The molecule has 0 bridgehead atoms. The van der Waals surface area contributed by atoms with E-state index in [0.717, 1.165) is 10.9 Å². The summed E-state index contributed by atoms with van der Waals surface area (Å²) >= 11 is 3.39. The third kappa shape index (κ3) is 3.75. The molecule has 1 amide bonds. The minimum absolute atomic E-state index is 0.0209. The number of carbonyl (C=O) groups is 2. The quantitative estimate of drug-likeness (QED) is 0.428. The lowest BCUT2D eigenvalue weighted by Gasteiger charge is -2.26. The van der Waals surface area contributed by atoms with Gasteiger partial charge in [-0.25, -0.2) is 0 Å². The van der Waals surface area contributed by atoms with Crippen LogP contribution in [0.5, 0.6) is 11.5 Å². The molecule has 3 aromatic rings. The Bertz CT molecular complexity index is 1240. The first-order valence-corrected chi connectivity index (χ1v) is 11.0. The number of methoxy groups -OCH3 is 1. The molecule has 0 saturated heterocycles. The third-order valence-electron chi connectivity index (χ3n) is 5.52. The van der Waals surface area contributed by atoms with Gasteiger partial charge in [-0.05, 0) is 48.4 Å². The zero-order valence-electron chi connectivity index (χ0n) is 17.6. The molecule has 32 heavy (non-hydrogen) atoms. The van der Waals surface area contributed by atoms with Crippen LogP contribution >= 0.6 is 15.9 Å². The SMILES string of the molecule is CCCCN1C(=O)C(O)=C(C(=O)c2cc3cc(Br)ccc3o2)C1c1ccc(OC)c(O)c1. The van der Waals surface area contributed by atoms with Crippen LogP contribution < -0.4 is 4.74 Å². The van der Waals surface area contributed by atoms with Gasteiger partial charge in [0, 0.05) is 16.4 Å². The van der Waals surface area contributed by atoms with Crippen LogP contribution in [-0.2, 0) is 4.79 Å². The second-order valence-electron chi connectivity index (χ2n) is 7.57. The number of halogens is 1. The highest BCUT2D eigenvalue weighted by Gasteiger charge is 2.44. The molecular formula is C24H22BrNO6. The van der Waals surface area contributed by atoms with Crippen LogP contribution in [0.2, 0.25) is 0 Å². The van der Waals surface area contributed by atoms with E-state index < -0.39 is 23.5 Å². The minimum Gasteiger partial charge on any atom is -0.504 e. The number of rotatable bonds is 7. The first-order valence-electron chi connectivity index (χ1n) is 10.2. The van der Waals surface area contributed by atoms with E-state index in [4.69, 9.17) is 9.15 Å². The molecule has 0 saturated carbocycles. The highest BCUT2D eigenvalue weighted by molar-refractivity contribution is 9.10. The number of hydrogen-bond donors (Lipinski definition) is 2. The number of phenolic OH excluding ortho intramolecular Hbond substituents is 1. The maximum Gasteiger partial charge on any atom is 0.290 e. The number of ether oxygens (including phenoxy) is 1. The molecular weight excluding hydrogens is 478 g/mol. The summed E-state index contributed by atoms with van der Waals surface area (Å²) in [4.78, 5) is 27.8. The van der Waals surface area contributed by atoms with E-state index in [2.05, 4.69) is 15.9 Å². The standard InChI is InChI=1S/C24H22BrNO6/c1-3-4-9-26-21(13-5-7-18(31-2)16(27)11-13)20(23(29)24(26)30)22(28)19-12-14-10-15(25)6-8-17(14)32-19/h5-8,10-12,21,27,29H,3-4,9H2,1-2H3. The van der Waals surface area contributed by atoms with E-state index in [1.807, 2.05) is 13.0 Å². The predicted octanol–water partition coefficient (Wildman–Crippen LogP) is 5.29. The maximum atomic E-state index is 13.5. The number of carbonyl (C=O) groups excluding carboxylic acids is 2. The van der Waals surface area contributed by atoms with Crippen molar-refractivity contribution < 1.29 is 29.0 Å². The highest BCUT2D eigenvalue weighted by Crippen LogP contribution is 2.42. The van der Waals surface area contributed by atoms with Gasteiger partial charge in [0.05, 0.1) is 18.7 Å². The van der Waals surface area contributed by atoms with Crippen molar-refractivity contribution >= 4 is 38.6 Å². The number of benzene rings is 2. The molecule has 2 heterocycles. The topological polar surface area (TPSA) is 100 Å². The van der Waals surface area contributed by atoms with Gasteiger partial charge in [-0.3, -0.25) is 9.59 Å². The molecule has 0 aliphatic carbocycles. The Morgan fingerprint density at radius 3 is 2.66 bits per heavy atom. The number of Topliss-reactive ketones (excluding diaryl/α,β-unsaturated/α-hetero) is 1. The number of phenols is 1. The van der Waals surface area contributed by atoms with E-state index in [9.17, 15) is 19.8 Å². The van der Waals surface area contributed by atoms with Gasteiger partial charge in [0.2, 0.25) is 5.78 Å². The summed E-state index contributed by atoms with van der Waals surface area (Å²) in [6.07, 6.45) is 1.52. The molecule has 1 unspecified atom stereocenters. The Hall–Kier alpha value is -3.26. The number of nitrogens with zero attached hydrogens (tertiary/aromatic N) is 1. The van der Waals surface area contributed by atoms with Crippen molar-refractivity contribution in [3.63, 3.8) is 0 Å². The Kier molecular flexibility index (Phi) is 5.97. The van der Waals surface area contributed by atoms with Gasteiger partial charge in [0.1, 0.15) is 5.58 Å². The summed E-state index contributed by atoms with van der Waals surface area (Å²) < 4.78 is 11.7. The van der Waals surface area contributed by atoms with Crippen LogP contribution in [-0.4, -0.2) is 40.5 Å². The summed E-state index contributed by atoms with van der Waals surface area (Å²) in [7, 11) is 1.43. The van der Waals surface area contributed by atoms with Gasteiger partial charge in [0.15, 0.2) is 23.0 Å². The smallest absolute Gasteiger partial charge is 0.290 e. The molecule has 0 spiro atoms. The first kappa shape index (κ1) is 22.0. The van der Waals surface area contributed by atoms with Crippen LogP contribution in [0.3, 0.4) is 0 Å². The Morgan fingerprint density at radius 1 is 1.19 bits per heavy atom. The number of furan rings is 1. The fourth-order valence-electron chi connectivity index (χ4n) is 3.93. The van der Waals surface area contributed by atoms with Gasteiger partial charge in [0.25, 0.3) is 5.91 Å². The number of ketones is 1. The summed E-state index contributed by atoms with van der Waals surface area (Å²) in [5.74, 6) is -1.65. The number of unbranched alkanes of at least 4 members (excludes halogenated alkanes) is 1. The zero-order chi connectivity index (χ0) is 23.0. The molecule has 1 aliphatic rings. The normalized spacial score (nSPS) is 16.3. The average molecular weight is 500 g/mol. The molecule has 1 atom stereocenters. The molecule has 8 heteroatoms. The van der Waals surface area contributed by atoms with Gasteiger partial charge >= 0.3 is 0 Å². The van der Waals surface area contributed by atoms with Crippen molar-refractivity contribution in [2.24, 2.45) is 0 Å². The van der Waals surface area contributed by atoms with Gasteiger partial charge in [-0.1, -0.05) is 35.3 Å². The van der Waals surface area contributed by atoms with Crippen LogP contribution in [0.4, 0.5) is 0 Å². The Balaban J connectivity index is 1.81. The fraction of sp³-hybridized carbons (Fsp3) is 0.250. The molecule has 4 rings (SSSR count). The van der Waals surface area contributed by atoms with E-state index in [-0.39, 0.29) is 22.8 Å². The second kappa shape index (κ2) is 8.70. The zero-order valence-corrected chi connectivity index (χ0v) is 19.2. The predicted molar refractivity (Wildman–Crippen MR) is 122 cm³/mol. The van der Waals surface area contributed by atoms with Crippen molar-refractivity contribution in [1.29, 1.82) is 0 Å². The summed E-state index contributed by atoms with van der Waals surface area (Å²) in [5.41, 5.74) is 0.926. The molecule has 2 aromatic carbocycles. The van der Waals surface area contributed by atoms with Crippen molar-refractivity contribution in [3.05, 3.63) is 69.6 Å². The molecule has 1 aromatic heterocycles. The van der Waals surface area contributed by atoms with E-state index >= 15 is 0 Å². The second-order valence-corrected chi connectivity index (χ2v) is 8.49. The van der Waals surface area contributed by atoms with E-state index in [1.54, 1.807) is 30.3 Å². The molecule has 2 N–H and O–H groups in total. The Morgan fingerprint density at radius 2 is 1.97 bits per heavy atom. The molecule has 166 valence electrons. The van der Waals surface area contributed by atoms with Crippen LogP contribution in [0.15, 0.2) is 62.7 Å². The summed E-state index contributed by atoms with van der Waals surface area (Å²) in [6.45, 7) is 2.33. The lowest BCUT2D eigenvalue weighted by atomic mass is 9.94. The van der Waals surface area contributed by atoms with E-state index in [1.165, 1.54) is 18.1 Å². The van der Waals surface area contributed by atoms with Gasteiger partial charge < -0.3 is 24.3 Å². The van der Waals surface area contributed by atoms with E-state index in [0.29, 0.717) is 29.5 Å². The third-order valence-corrected chi connectivity index (χ3v) is 6.01. The monoisotopic (exact) mass is 499 g/mol. The number of amides is 1. The number of hydrogen-bond acceptors (Lipinski definition) is 6. The number of aliphatic hydroxyl groups is 1. The maximum absolute atomic E-state index is 13.5. The lowest BCUT2D eigenvalue weighted by Crippen LogP contribution is -2.32. The first-order chi connectivity index (χ1) is 15.3. The number of fused-ring (bicyclic) bond motifs is 1. The molecule has 7 nitrogen and oxygen atoms in total. The molecule has 1 aliphatic heterocycles. The largest absolute Gasteiger partial charge is 0.504 e. The molecule has 0 radical (unpaired) electrons. The number of aromatic hydroxyl groups is 1. The Labute approximate surface area is 193 Å². The summed E-state index contributed by atoms with van der Waals surface area (Å²) in [6, 6.07) is 10.7. The highest BCUT2D eigenvalue weighted by atomic mass is 79.9.